The van der Waals surface area contributed by atoms with E-state index in [-0.39, 0.29) is 40.2 Å². The molecule has 32 heavy (non-hydrogen) atoms. The molecule has 0 radical (unpaired) electrons. The molecular weight excluding hydrogens is 420 g/mol. The number of carbonyl (C=O) groups excluding carboxylic acids is 1. The van der Waals surface area contributed by atoms with Crippen molar-refractivity contribution in [3.63, 3.8) is 0 Å². The topological polar surface area (TPSA) is 124 Å². The molecular formula is C23H22O9. The van der Waals surface area contributed by atoms with Crippen molar-refractivity contribution < 1.29 is 43.8 Å². The van der Waals surface area contributed by atoms with E-state index < -0.39 is 29.5 Å². The van der Waals surface area contributed by atoms with E-state index >= 15 is 0 Å². The van der Waals surface area contributed by atoms with E-state index in [4.69, 9.17) is 23.7 Å². The van der Waals surface area contributed by atoms with Gasteiger partial charge in [0.2, 0.25) is 18.2 Å². The lowest BCUT2D eigenvalue weighted by atomic mass is 9.76. The smallest absolute Gasteiger partial charge is 0.238 e. The van der Waals surface area contributed by atoms with Crippen LogP contribution in [0.5, 0.6) is 34.5 Å². The Morgan fingerprint density at radius 3 is 2.47 bits per heavy atom. The highest BCUT2D eigenvalue weighted by atomic mass is 16.6. The molecule has 3 aliphatic rings. The number of hydrogen-bond acceptors (Lipinski definition) is 9. The Hall–Kier alpha value is -3.43. The van der Waals surface area contributed by atoms with Crippen LogP contribution >= 0.6 is 0 Å². The fourth-order valence-electron chi connectivity index (χ4n) is 4.49. The number of aliphatic hydroxyl groups excluding tert-OH is 1. The largest absolute Gasteiger partial charge is 0.507 e. The highest BCUT2D eigenvalue weighted by Gasteiger charge is 2.61. The molecule has 3 N–H and O–H groups in total. The van der Waals surface area contributed by atoms with E-state index in [1.807, 2.05) is 6.92 Å². The second-order valence-electron chi connectivity index (χ2n) is 8.08. The first-order chi connectivity index (χ1) is 15.2. The Kier molecular flexibility index (Phi) is 4.34. The minimum atomic E-state index is -2.35. The standard InChI is InChI=1S/C23H22O9/c1-9(2)13-5-10-14(30-13)7-12(24)18-19(10)32-21-22(26)31-15-8-17(29-4)16(28-3)6-11(15)23(21,27)20(18)25/h6-8,13,21-22,24,26-27H,1,5H2,2-4H3/t13-,21+,22-,23+/m1/s1. The van der Waals surface area contributed by atoms with Crippen molar-refractivity contribution in [3.8, 4) is 34.5 Å². The first-order valence-electron chi connectivity index (χ1n) is 9.96. The highest BCUT2D eigenvalue weighted by Crippen LogP contribution is 2.54. The molecule has 4 atom stereocenters. The lowest BCUT2D eigenvalue weighted by molar-refractivity contribution is -0.179. The fourth-order valence-corrected chi connectivity index (χ4v) is 4.49. The summed E-state index contributed by atoms with van der Waals surface area (Å²) in [6.07, 6.45) is -3.16. The highest BCUT2D eigenvalue weighted by molar-refractivity contribution is 6.09. The fraction of sp³-hybridized carbons (Fsp3) is 0.348. The van der Waals surface area contributed by atoms with E-state index in [1.54, 1.807) is 0 Å². The number of ketones is 1. The minimum absolute atomic E-state index is 0.0251. The number of benzene rings is 2. The van der Waals surface area contributed by atoms with Crippen LogP contribution in [0.2, 0.25) is 0 Å². The molecule has 0 amide bonds. The average Bonchev–Trinajstić information content (AvgIpc) is 3.19. The molecule has 9 heteroatoms. The second-order valence-corrected chi connectivity index (χ2v) is 8.08. The maximum atomic E-state index is 13.7. The Bertz CT molecular complexity index is 1170. The van der Waals surface area contributed by atoms with Crippen LogP contribution in [0.3, 0.4) is 0 Å². The van der Waals surface area contributed by atoms with Crippen LogP contribution < -0.4 is 23.7 Å². The van der Waals surface area contributed by atoms with Crippen molar-refractivity contribution in [2.45, 2.75) is 37.4 Å². The molecule has 0 fully saturated rings. The zero-order valence-corrected chi connectivity index (χ0v) is 17.7. The van der Waals surface area contributed by atoms with Crippen LogP contribution in [0.1, 0.15) is 28.4 Å². The van der Waals surface area contributed by atoms with Gasteiger partial charge in [-0.3, -0.25) is 4.79 Å². The molecule has 9 nitrogen and oxygen atoms in total. The lowest BCUT2D eigenvalue weighted by Gasteiger charge is -2.45. The number of aromatic hydroxyl groups is 1. The third-order valence-electron chi connectivity index (χ3n) is 6.16. The molecule has 2 aromatic carbocycles. The number of rotatable bonds is 3. The van der Waals surface area contributed by atoms with Crippen molar-refractivity contribution in [1.82, 2.24) is 0 Å². The van der Waals surface area contributed by atoms with Crippen LogP contribution in [-0.2, 0) is 12.0 Å². The number of carbonyl (C=O) groups is 1. The monoisotopic (exact) mass is 442 g/mol. The summed E-state index contributed by atoms with van der Waals surface area (Å²) in [4.78, 5) is 13.7. The van der Waals surface area contributed by atoms with Crippen LogP contribution in [0.15, 0.2) is 30.4 Å². The Morgan fingerprint density at radius 1 is 1.12 bits per heavy atom. The third-order valence-corrected chi connectivity index (χ3v) is 6.16. The number of Topliss-reactive ketones (excluding diaryl/α,β-unsaturated/α-hetero) is 1. The van der Waals surface area contributed by atoms with Gasteiger partial charge in [0.1, 0.15) is 34.7 Å². The molecule has 0 aromatic heterocycles. The van der Waals surface area contributed by atoms with E-state index in [2.05, 4.69) is 6.58 Å². The summed E-state index contributed by atoms with van der Waals surface area (Å²) in [7, 11) is 2.83. The number of hydrogen-bond donors (Lipinski definition) is 3. The van der Waals surface area contributed by atoms with Gasteiger partial charge in [-0.2, -0.15) is 0 Å². The molecule has 0 saturated heterocycles. The zero-order chi connectivity index (χ0) is 22.9. The number of aliphatic hydroxyl groups is 2. The van der Waals surface area contributed by atoms with Crippen molar-refractivity contribution >= 4 is 5.78 Å². The van der Waals surface area contributed by atoms with Gasteiger partial charge in [-0.1, -0.05) is 6.58 Å². The van der Waals surface area contributed by atoms with Gasteiger partial charge >= 0.3 is 0 Å². The van der Waals surface area contributed by atoms with Gasteiger partial charge in [0, 0.05) is 29.7 Å². The van der Waals surface area contributed by atoms with Gasteiger partial charge in [-0.25, -0.2) is 0 Å². The van der Waals surface area contributed by atoms with Crippen molar-refractivity contribution in [2.75, 3.05) is 14.2 Å². The molecule has 5 rings (SSSR count). The SMILES string of the molecule is C=C(C)[C@H]1Cc2c(cc(O)c3c2O[C@H]2[C@H](O)Oc4cc(OC)c(OC)cc4[C@]2(O)C3=O)O1. The summed E-state index contributed by atoms with van der Waals surface area (Å²) in [5.41, 5.74) is -1.20. The summed E-state index contributed by atoms with van der Waals surface area (Å²) < 4.78 is 27.9. The molecule has 0 spiro atoms. The predicted octanol–water partition coefficient (Wildman–Crippen LogP) is 1.83. The van der Waals surface area contributed by atoms with Crippen molar-refractivity contribution in [2.24, 2.45) is 0 Å². The van der Waals surface area contributed by atoms with Crippen LogP contribution in [-0.4, -0.2) is 53.8 Å². The van der Waals surface area contributed by atoms with E-state index in [1.165, 1.54) is 32.4 Å². The molecule has 3 aliphatic heterocycles. The van der Waals surface area contributed by atoms with E-state index in [0.29, 0.717) is 17.7 Å². The average molecular weight is 442 g/mol. The molecule has 0 saturated carbocycles. The molecule has 0 unspecified atom stereocenters. The Labute approximate surface area is 183 Å². The quantitative estimate of drug-likeness (QED) is 0.611. The predicted molar refractivity (Wildman–Crippen MR) is 110 cm³/mol. The van der Waals surface area contributed by atoms with Crippen LogP contribution in [0, 0.1) is 0 Å². The van der Waals surface area contributed by atoms with Crippen LogP contribution in [0.25, 0.3) is 0 Å². The Morgan fingerprint density at radius 2 is 1.81 bits per heavy atom. The molecule has 3 heterocycles. The maximum Gasteiger partial charge on any atom is 0.238 e. The first-order valence-corrected chi connectivity index (χ1v) is 9.96. The van der Waals surface area contributed by atoms with E-state index in [9.17, 15) is 20.1 Å². The van der Waals surface area contributed by atoms with Gasteiger partial charge in [0.05, 0.1) is 14.2 Å². The second kappa shape index (κ2) is 6.78. The zero-order valence-electron chi connectivity index (χ0n) is 17.7. The van der Waals surface area contributed by atoms with E-state index in [0.717, 1.165) is 5.57 Å². The summed E-state index contributed by atoms with van der Waals surface area (Å²) in [6.45, 7) is 5.71. The third kappa shape index (κ3) is 2.55. The molecule has 2 aromatic rings. The summed E-state index contributed by atoms with van der Waals surface area (Å²) in [5.74, 6) is -0.276. The summed E-state index contributed by atoms with van der Waals surface area (Å²) in [6, 6.07) is 4.12. The Balaban J connectivity index is 1.70. The molecule has 0 bridgehead atoms. The van der Waals surface area contributed by atoms with Gasteiger partial charge in [-0.15, -0.1) is 0 Å². The number of fused-ring (bicyclic) bond motifs is 6. The minimum Gasteiger partial charge on any atom is -0.507 e. The molecule has 0 aliphatic carbocycles. The number of ether oxygens (including phenoxy) is 5. The van der Waals surface area contributed by atoms with Crippen molar-refractivity contribution in [3.05, 3.63) is 47.0 Å². The van der Waals surface area contributed by atoms with Gasteiger partial charge in [-0.05, 0) is 18.6 Å². The normalized spacial score (nSPS) is 27.0. The lowest BCUT2D eigenvalue weighted by Crippen LogP contribution is -2.61. The number of phenolic OH excluding ortho intramolecular Hbond substituents is 1. The number of methoxy groups -OCH3 is 2. The van der Waals surface area contributed by atoms with Crippen LogP contribution in [0.4, 0.5) is 0 Å². The first kappa shape index (κ1) is 20.5. The molecule has 168 valence electrons. The number of phenols is 1. The summed E-state index contributed by atoms with van der Waals surface area (Å²) in [5, 5.41) is 33.0. The van der Waals surface area contributed by atoms with Gasteiger partial charge < -0.3 is 39.0 Å². The van der Waals surface area contributed by atoms with Gasteiger partial charge in [0.15, 0.2) is 17.1 Å². The van der Waals surface area contributed by atoms with Gasteiger partial charge in [0.25, 0.3) is 0 Å². The van der Waals surface area contributed by atoms with Crippen molar-refractivity contribution in [1.29, 1.82) is 0 Å². The maximum absolute atomic E-state index is 13.7. The summed E-state index contributed by atoms with van der Waals surface area (Å²) >= 11 is 0.